The molecule has 0 unspecified atom stereocenters. The van der Waals surface area contributed by atoms with Crippen LogP contribution in [0.2, 0.25) is 0 Å². The minimum atomic E-state index is -0.145. The summed E-state index contributed by atoms with van der Waals surface area (Å²) in [6, 6.07) is 9.75. The fraction of sp³-hybridized carbons (Fsp3) is 0.294. The molecule has 0 saturated carbocycles. The van der Waals surface area contributed by atoms with Crippen LogP contribution in [0.1, 0.15) is 39.7 Å². The van der Waals surface area contributed by atoms with E-state index in [9.17, 15) is 10.1 Å². The van der Waals surface area contributed by atoms with E-state index in [-0.39, 0.29) is 5.91 Å². The van der Waals surface area contributed by atoms with Crippen LogP contribution in [0.5, 0.6) is 0 Å². The highest BCUT2D eigenvalue weighted by molar-refractivity contribution is 14.1. The minimum absolute atomic E-state index is 0.145. The number of carbonyl (C=O) groups excluding carboxylic acids is 1. The van der Waals surface area contributed by atoms with Gasteiger partial charge in [-0.3, -0.25) is 4.79 Å². The Hall–Kier alpha value is -1.39. The van der Waals surface area contributed by atoms with Crippen molar-refractivity contribution in [3.05, 3.63) is 49.4 Å². The van der Waals surface area contributed by atoms with Crippen LogP contribution in [-0.2, 0) is 12.8 Å². The predicted molar refractivity (Wildman–Crippen MR) is 97.3 cm³/mol. The summed E-state index contributed by atoms with van der Waals surface area (Å²) < 4.78 is 0.908. The molecule has 0 saturated heterocycles. The first kappa shape index (κ1) is 15.5. The van der Waals surface area contributed by atoms with Crippen LogP contribution in [0.25, 0.3) is 0 Å². The van der Waals surface area contributed by atoms with E-state index in [0.29, 0.717) is 22.0 Å². The van der Waals surface area contributed by atoms with Gasteiger partial charge in [0, 0.05) is 8.45 Å². The van der Waals surface area contributed by atoms with Crippen molar-refractivity contribution in [2.24, 2.45) is 5.92 Å². The van der Waals surface area contributed by atoms with Gasteiger partial charge < -0.3 is 5.32 Å². The Bertz CT molecular complexity index is 775. The molecule has 2 aromatic rings. The molecule has 0 bridgehead atoms. The Morgan fingerprint density at radius 2 is 2.23 bits per heavy atom. The molecular formula is C17H15IN2OS. The third kappa shape index (κ3) is 2.90. The largest absolute Gasteiger partial charge is 0.312 e. The first-order valence-corrected chi connectivity index (χ1v) is 9.10. The van der Waals surface area contributed by atoms with E-state index in [1.807, 2.05) is 18.2 Å². The van der Waals surface area contributed by atoms with Crippen molar-refractivity contribution in [2.75, 3.05) is 5.32 Å². The van der Waals surface area contributed by atoms with Crippen molar-refractivity contribution in [3.63, 3.8) is 0 Å². The number of hydrogen-bond acceptors (Lipinski definition) is 3. The predicted octanol–water partition coefficient (Wildman–Crippen LogP) is 4.60. The minimum Gasteiger partial charge on any atom is -0.312 e. The molecule has 1 atom stereocenters. The van der Waals surface area contributed by atoms with Crippen molar-refractivity contribution in [3.8, 4) is 6.07 Å². The number of anilines is 1. The first-order chi connectivity index (χ1) is 10.6. The molecule has 1 heterocycles. The molecule has 1 N–H and O–H groups in total. The van der Waals surface area contributed by atoms with E-state index in [1.54, 1.807) is 17.4 Å². The number of nitriles is 1. The number of thiophene rings is 1. The fourth-order valence-corrected chi connectivity index (χ4v) is 4.76. The topological polar surface area (TPSA) is 52.9 Å². The van der Waals surface area contributed by atoms with Gasteiger partial charge in [0.05, 0.1) is 11.1 Å². The summed E-state index contributed by atoms with van der Waals surface area (Å²) in [7, 11) is 0. The van der Waals surface area contributed by atoms with Crippen LogP contribution in [0.4, 0.5) is 5.00 Å². The quantitative estimate of drug-likeness (QED) is 0.720. The van der Waals surface area contributed by atoms with Crippen LogP contribution in [-0.4, -0.2) is 5.91 Å². The summed E-state index contributed by atoms with van der Waals surface area (Å²) >= 11 is 3.72. The number of rotatable bonds is 2. The summed E-state index contributed by atoms with van der Waals surface area (Å²) in [4.78, 5) is 13.7. The lowest BCUT2D eigenvalue weighted by Gasteiger charge is -2.17. The lowest BCUT2D eigenvalue weighted by molar-refractivity contribution is 0.102. The molecule has 1 aliphatic rings. The number of carbonyl (C=O) groups is 1. The van der Waals surface area contributed by atoms with E-state index >= 15 is 0 Å². The maximum atomic E-state index is 12.5. The highest BCUT2D eigenvalue weighted by Crippen LogP contribution is 2.39. The molecule has 22 heavy (non-hydrogen) atoms. The maximum Gasteiger partial charge on any atom is 0.257 e. The average molecular weight is 422 g/mol. The van der Waals surface area contributed by atoms with Crippen molar-refractivity contribution < 1.29 is 4.79 Å². The number of fused-ring (bicyclic) bond motifs is 1. The van der Waals surface area contributed by atoms with Gasteiger partial charge in [-0.1, -0.05) is 19.1 Å². The summed E-state index contributed by atoms with van der Waals surface area (Å²) in [5, 5.41) is 13.1. The second-order valence-corrected chi connectivity index (χ2v) is 7.87. The van der Waals surface area contributed by atoms with E-state index < -0.39 is 0 Å². The van der Waals surface area contributed by atoms with E-state index in [0.717, 1.165) is 28.4 Å². The smallest absolute Gasteiger partial charge is 0.257 e. The van der Waals surface area contributed by atoms with Gasteiger partial charge in [-0.05, 0) is 65.5 Å². The SMILES string of the molecule is C[C@@H]1CCc2c(sc(NC(=O)c3ccccc3I)c2C#N)C1. The van der Waals surface area contributed by atoms with Crippen molar-refractivity contribution in [1.29, 1.82) is 5.26 Å². The first-order valence-electron chi connectivity index (χ1n) is 7.20. The molecule has 0 aliphatic heterocycles. The van der Waals surface area contributed by atoms with Gasteiger partial charge in [-0.15, -0.1) is 11.3 Å². The van der Waals surface area contributed by atoms with Crippen molar-refractivity contribution in [1.82, 2.24) is 0 Å². The molecule has 1 amide bonds. The molecule has 0 radical (unpaired) electrons. The summed E-state index contributed by atoms with van der Waals surface area (Å²) in [5.74, 6) is 0.504. The zero-order valence-electron chi connectivity index (χ0n) is 12.1. The Labute approximate surface area is 147 Å². The average Bonchev–Trinajstić information content (AvgIpc) is 2.83. The summed E-state index contributed by atoms with van der Waals surface area (Å²) in [5.41, 5.74) is 2.45. The van der Waals surface area contributed by atoms with Gasteiger partial charge in [0.15, 0.2) is 0 Å². The van der Waals surface area contributed by atoms with Gasteiger partial charge >= 0.3 is 0 Å². The normalized spacial score (nSPS) is 16.7. The lowest BCUT2D eigenvalue weighted by atomic mass is 9.88. The molecule has 1 aromatic heterocycles. The standard InChI is InChI=1S/C17H15IN2OS/c1-10-6-7-11-13(9-19)17(22-15(11)8-10)20-16(21)12-4-2-3-5-14(12)18/h2-5,10H,6-8H2,1H3,(H,20,21)/t10-/m1/s1. The Morgan fingerprint density at radius 1 is 1.45 bits per heavy atom. The molecule has 0 fully saturated rings. The highest BCUT2D eigenvalue weighted by atomic mass is 127. The molecular weight excluding hydrogens is 407 g/mol. The molecule has 3 rings (SSSR count). The van der Waals surface area contributed by atoms with E-state index in [4.69, 9.17) is 0 Å². The van der Waals surface area contributed by atoms with Crippen molar-refractivity contribution in [2.45, 2.75) is 26.2 Å². The van der Waals surface area contributed by atoms with Crippen LogP contribution in [0.3, 0.4) is 0 Å². The number of nitrogens with one attached hydrogen (secondary N) is 1. The number of amides is 1. The lowest BCUT2D eigenvalue weighted by Crippen LogP contribution is -2.13. The second kappa shape index (κ2) is 6.39. The molecule has 1 aliphatic carbocycles. The number of benzene rings is 1. The van der Waals surface area contributed by atoms with Crippen LogP contribution < -0.4 is 5.32 Å². The number of nitrogens with zero attached hydrogens (tertiary/aromatic N) is 1. The monoisotopic (exact) mass is 422 g/mol. The summed E-state index contributed by atoms with van der Waals surface area (Å²) in [6.07, 6.45) is 3.06. The van der Waals surface area contributed by atoms with Gasteiger partial charge in [-0.25, -0.2) is 0 Å². The van der Waals surface area contributed by atoms with Gasteiger partial charge in [-0.2, -0.15) is 5.26 Å². The van der Waals surface area contributed by atoms with Gasteiger partial charge in [0.25, 0.3) is 5.91 Å². The third-order valence-electron chi connectivity index (χ3n) is 3.97. The number of halogens is 1. The Morgan fingerprint density at radius 3 is 2.95 bits per heavy atom. The van der Waals surface area contributed by atoms with Gasteiger partial charge in [0.1, 0.15) is 11.1 Å². The Kier molecular flexibility index (Phi) is 4.50. The maximum absolute atomic E-state index is 12.5. The number of hydrogen-bond donors (Lipinski definition) is 1. The molecule has 3 nitrogen and oxygen atoms in total. The fourth-order valence-electron chi connectivity index (χ4n) is 2.77. The zero-order chi connectivity index (χ0) is 15.7. The van der Waals surface area contributed by atoms with Crippen molar-refractivity contribution >= 4 is 44.8 Å². The van der Waals surface area contributed by atoms with Crippen LogP contribution in [0.15, 0.2) is 24.3 Å². The van der Waals surface area contributed by atoms with E-state index in [1.165, 1.54) is 4.88 Å². The van der Waals surface area contributed by atoms with Crippen LogP contribution >= 0.6 is 33.9 Å². The molecule has 5 heteroatoms. The highest BCUT2D eigenvalue weighted by Gasteiger charge is 2.25. The van der Waals surface area contributed by atoms with Gasteiger partial charge in [0.2, 0.25) is 0 Å². The third-order valence-corrected chi connectivity index (χ3v) is 6.08. The second-order valence-electron chi connectivity index (χ2n) is 5.60. The zero-order valence-corrected chi connectivity index (χ0v) is 15.1. The molecule has 0 spiro atoms. The summed E-state index contributed by atoms with van der Waals surface area (Å²) in [6.45, 7) is 2.24. The van der Waals surface area contributed by atoms with Crippen LogP contribution in [0, 0.1) is 20.8 Å². The van der Waals surface area contributed by atoms with E-state index in [2.05, 4.69) is 40.9 Å². The Balaban J connectivity index is 1.92. The molecule has 1 aromatic carbocycles. The molecule has 112 valence electrons.